The summed E-state index contributed by atoms with van der Waals surface area (Å²) in [4.78, 5) is 22.9. The highest BCUT2D eigenvalue weighted by Crippen LogP contribution is 2.36. The molecule has 0 aliphatic heterocycles. The van der Waals surface area contributed by atoms with Gasteiger partial charge in [0.2, 0.25) is 0 Å². The molecule has 2 unspecified atom stereocenters. The second-order valence-corrected chi connectivity index (χ2v) is 4.36. The van der Waals surface area contributed by atoms with Gasteiger partial charge in [0.25, 0.3) is 0 Å². The molecule has 0 amide bonds. The van der Waals surface area contributed by atoms with Gasteiger partial charge in [-0.05, 0) is 31.6 Å². The van der Waals surface area contributed by atoms with Crippen LogP contribution >= 0.6 is 0 Å². The largest absolute Gasteiger partial charge is 0.300 e. The van der Waals surface area contributed by atoms with Gasteiger partial charge in [0.15, 0.2) is 0 Å². The zero-order valence-corrected chi connectivity index (χ0v) is 7.92. The second kappa shape index (κ2) is 3.60. The third-order valence-corrected chi connectivity index (χ3v) is 3.44. The van der Waals surface area contributed by atoms with Crippen LogP contribution in [-0.4, -0.2) is 11.6 Å². The van der Waals surface area contributed by atoms with Crippen molar-refractivity contribution in [3.05, 3.63) is 0 Å². The minimum atomic E-state index is 0.236. The Balaban J connectivity index is 2.11. The van der Waals surface area contributed by atoms with Gasteiger partial charge >= 0.3 is 0 Å². The van der Waals surface area contributed by atoms with Gasteiger partial charge in [-0.1, -0.05) is 0 Å². The Hall–Kier alpha value is -0.660. The van der Waals surface area contributed by atoms with Crippen molar-refractivity contribution in [1.82, 2.24) is 0 Å². The molecule has 2 aliphatic rings. The molecule has 2 fully saturated rings. The van der Waals surface area contributed by atoms with Gasteiger partial charge in [-0.25, -0.2) is 0 Å². The average Bonchev–Trinajstić information content (AvgIpc) is 2.27. The van der Waals surface area contributed by atoms with Crippen LogP contribution in [0.1, 0.15) is 44.9 Å². The van der Waals surface area contributed by atoms with Crippen LogP contribution in [0, 0.1) is 11.8 Å². The van der Waals surface area contributed by atoms with E-state index in [4.69, 9.17) is 0 Å². The molecule has 2 nitrogen and oxygen atoms in total. The summed E-state index contributed by atoms with van der Waals surface area (Å²) in [6.07, 6.45) is 6.16. The Morgan fingerprint density at radius 3 is 2.62 bits per heavy atom. The standard InChI is InChI=1S/C11H16O2/c12-9-4-2-5-10-8(7-9)3-1-6-11(10)13/h8,10H,1-7H2. The number of carbonyl (C=O) groups excluding carboxylic acids is 2. The van der Waals surface area contributed by atoms with Gasteiger partial charge in [-0.15, -0.1) is 0 Å². The second-order valence-electron chi connectivity index (χ2n) is 4.36. The van der Waals surface area contributed by atoms with Gasteiger partial charge in [-0.2, -0.15) is 0 Å². The van der Waals surface area contributed by atoms with E-state index in [2.05, 4.69) is 0 Å². The van der Waals surface area contributed by atoms with Gasteiger partial charge in [0.05, 0.1) is 0 Å². The van der Waals surface area contributed by atoms with Crippen molar-refractivity contribution >= 4 is 11.6 Å². The Kier molecular flexibility index (Phi) is 2.47. The summed E-state index contributed by atoms with van der Waals surface area (Å²) >= 11 is 0. The summed E-state index contributed by atoms with van der Waals surface area (Å²) in [5.74, 6) is 1.43. The van der Waals surface area contributed by atoms with E-state index in [0.29, 0.717) is 30.3 Å². The minimum absolute atomic E-state index is 0.236. The zero-order chi connectivity index (χ0) is 9.26. The average molecular weight is 180 g/mol. The van der Waals surface area contributed by atoms with E-state index in [-0.39, 0.29) is 5.92 Å². The minimum Gasteiger partial charge on any atom is -0.300 e. The molecular formula is C11H16O2. The normalized spacial score (nSPS) is 35.4. The fourth-order valence-corrected chi connectivity index (χ4v) is 2.74. The molecule has 2 saturated carbocycles. The zero-order valence-electron chi connectivity index (χ0n) is 7.92. The summed E-state index contributed by atoms with van der Waals surface area (Å²) in [5, 5.41) is 0. The first kappa shape index (κ1) is 8.92. The molecule has 0 spiro atoms. The fourth-order valence-electron chi connectivity index (χ4n) is 2.74. The third-order valence-electron chi connectivity index (χ3n) is 3.44. The summed E-state index contributed by atoms with van der Waals surface area (Å²) < 4.78 is 0. The van der Waals surface area contributed by atoms with Crippen molar-refractivity contribution in [2.45, 2.75) is 44.9 Å². The third kappa shape index (κ3) is 1.82. The molecule has 0 N–H and O–H groups in total. The van der Waals surface area contributed by atoms with Gasteiger partial charge in [0.1, 0.15) is 11.6 Å². The topological polar surface area (TPSA) is 34.1 Å². The SMILES string of the molecule is O=C1CCCC2C(=O)CCCC2C1. The highest BCUT2D eigenvalue weighted by atomic mass is 16.1. The number of hydrogen-bond donors (Lipinski definition) is 0. The van der Waals surface area contributed by atoms with Crippen LogP contribution in [0.5, 0.6) is 0 Å². The molecular weight excluding hydrogens is 164 g/mol. The first-order valence-electron chi connectivity index (χ1n) is 5.32. The lowest BCUT2D eigenvalue weighted by molar-refractivity contribution is -0.127. The van der Waals surface area contributed by atoms with E-state index in [1.165, 1.54) is 0 Å². The molecule has 0 heterocycles. The maximum atomic E-state index is 11.6. The quantitative estimate of drug-likeness (QED) is 0.572. The van der Waals surface area contributed by atoms with E-state index in [1.54, 1.807) is 0 Å². The van der Waals surface area contributed by atoms with Gasteiger partial charge in [-0.3, -0.25) is 9.59 Å². The van der Waals surface area contributed by atoms with Crippen molar-refractivity contribution in [2.75, 3.05) is 0 Å². The van der Waals surface area contributed by atoms with E-state index < -0.39 is 0 Å². The summed E-state index contributed by atoms with van der Waals surface area (Å²) in [6.45, 7) is 0. The van der Waals surface area contributed by atoms with E-state index >= 15 is 0 Å². The molecule has 0 aromatic rings. The molecule has 2 atom stereocenters. The Morgan fingerprint density at radius 2 is 1.77 bits per heavy atom. The Bertz CT molecular complexity index is 232. The van der Waals surface area contributed by atoms with Gasteiger partial charge < -0.3 is 0 Å². The van der Waals surface area contributed by atoms with Crippen molar-refractivity contribution in [2.24, 2.45) is 11.8 Å². The predicted molar refractivity (Wildman–Crippen MR) is 49.3 cm³/mol. The highest BCUT2D eigenvalue weighted by Gasteiger charge is 2.34. The van der Waals surface area contributed by atoms with E-state index in [1.807, 2.05) is 0 Å². The number of hydrogen-bond acceptors (Lipinski definition) is 2. The van der Waals surface area contributed by atoms with E-state index in [0.717, 1.165) is 32.1 Å². The van der Waals surface area contributed by atoms with Crippen LogP contribution in [0.2, 0.25) is 0 Å². The van der Waals surface area contributed by atoms with Crippen LogP contribution in [0.15, 0.2) is 0 Å². The molecule has 2 heteroatoms. The molecule has 13 heavy (non-hydrogen) atoms. The highest BCUT2D eigenvalue weighted by molar-refractivity contribution is 5.85. The van der Waals surface area contributed by atoms with E-state index in [9.17, 15) is 9.59 Å². The first-order chi connectivity index (χ1) is 6.27. The summed E-state index contributed by atoms with van der Waals surface area (Å²) in [6, 6.07) is 0. The predicted octanol–water partition coefficient (Wildman–Crippen LogP) is 2.11. The number of carbonyl (C=O) groups is 2. The molecule has 2 aliphatic carbocycles. The molecule has 0 saturated heterocycles. The summed E-state index contributed by atoms with van der Waals surface area (Å²) in [5.41, 5.74) is 0. The van der Waals surface area contributed by atoms with Crippen LogP contribution in [-0.2, 0) is 9.59 Å². The molecule has 0 aromatic carbocycles. The van der Waals surface area contributed by atoms with Crippen LogP contribution in [0.3, 0.4) is 0 Å². The number of Topliss-reactive ketones (excluding diaryl/α,β-unsaturated/α-hetero) is 2. The lowest BCUT2D eigenvalue weighted by Gasteiger charge is -2.27. The smallest absolute Gasteiger partial charge is 0.136 e. The lowest BCUT2D eigenvalue weighted by atomic mass is 9.75. The fraction of sp³-hybridized carbons (Fsp3) is 0.818. The first-order valence-corrected chi connectivity index (χ1v) is 5.32. The maximum Gasteiger partial charge on any atom is 0.136 e. The van der Waals surface area contributed by atoms with Crippen molar-refractivity contribution in [3.8, 4) is 0 Å². The maximum absolute atomic E-state index is 11.6. The molecule has 72 valence electrons. The molecule has 0 bridgehead atoms. The number of ketones is 2. The number of rotatable bonds is 0. The molecule has 0 radical (unpaired) electrons. The van der Waals surface area contributed by atoms with Crippen molar-refractivity contribution in [3.63, 3.8) is 0 Å². The molecule has 2 rings (SSSR count). The van der Waals surface area contributed by atoms with Gasteiger partial charge in [0, 0.05) is 25.2 Å². The Labute approximate surface area is 78.7 Å². The molecule has 0 aromatic heterocycles. The Morgan fingerprint density at radius 1 is 1.00 bits per heavy atom. The monoisotopic (exact) mass is 180 g/mol. The van der Waals surface area contributed by atoms with Crippen LogP contribution < -0.4 is 0 Å². The van der Waals surface area contributed by atoms with Crippen LogP contribution in [0.25, 0.3) is 0 Å². The van der Waals surface area contributed by atoms with Crippen LogP contribution in [0.4, 0.5) is 0 Å². The van der Waals surface area contributed by atoms with Crippen molar-refractivity contribution in [1.29, 1.82) is 0 Å². The van der Waals surface area contributed by atoms with Crippen molar-refractivity contribution < 1.29 is 9.59 Å². The summed E-state index contributed by atoms with van der Waals surface area (Å²) in [7, 11) is 0. The lowest BCUT2D eigenvalue weighted by Crippen LogP contribution is -2.28. The number of fused-ring (bicyclic) bond motifs is 1.